The van der Waals surface area contributed by atoms with E-state index in [2.05, 4.69) is 15.1 Å². The highest BCUT2D eigenvalue weighted by molar-refractivity contribution is 5.04. The molecule has 1 aromatic rings. The second kappa shape index (κ2) is 5.90. The van der Waals surface area contributed by atoms with Gasteiger partial charge in [0.1, 0.15) is 5.82 Å². The molecule has 1 aromatic heterocycles. The third-order valence-corrected chi connectivity index (χ3v) is 4.05. The summed E-state index contributed by atoms with van der Waals surface area (Å²) in [6, 6.07) is 0. The minimum atomic E-state index is -4.47. The Bertz CT molecular complexity index is 490. The van der Waals surface area contributed by atoms with E-state index in [-0.39, 0.29) is 12.1 Å². The average Bonchev–Trinajstić information content (AvgIpc) is 2.87. The summed E-state index contributed by atoms with van der Waals surface area (Å²) in [6.45, 7) is 3.93. The predicted molar refractivity (Wildman–Crippen MR) is 69.4 cm³/mol. The second-order valence-corrected chi connectivity index (χ2v) is 5.45. The van der Waals surface area contributed by atoms with Crippen molar-refractivity contribution in [3.8, 4) is 0 Å². The molecule has 0 aliphatic carbocycles. The Morgan fingerprint density at radius 2 is 2.00 bits per heavy atom. The lowest BCUT2D eigenvalue weighted by Crippen LogP contribution is -2.54. The van der Waals surface area contributed by atoms with Crippen LogP contribution in [0.5, 0.6) is 0 Å². The maximum atomic E-state index is 12.8. The van der Waals surface area contributed by atoms with E-state index in [1.54, 1.807) is 7.11 Å². The molecule has 2 N–H and O–H groups in total. The second-order valence-electron chi connectivity index (χ2n) is 5.45. The number of fused-ring (bicyclic) bond motifs is 1. The van der Waals surface area contributed by atoms with Gasteiger partial charge in [0.15, 0.2) is 0 Å². The lowest BCUT2D eigenvalue weighted by atomic mass is 9.95. The van der Waals surface area contributed by atoms with Crippen LogP contribution < -0.4 is 5.73 Å². The van der Waals surface area contributed by atoms with Crippen LogP contribution in [-0.2, 0) is 24.0 Å². The number of hydrogen-bond acceptors (Lipinski definition) is 5. The van der Waals surface area contributed by atoms with Gasteiger partial charge in [0.05, 0.1) is 6.54 Å². The van der Waals surface area contributed by atoms with Crippen molar-refractivity contribution in [1.82, 2.24) is 19.7 Å². The first-order chi connectivity index (χ1) is 9.81. The van der Waals surface area contributed by atoms with Gasteiger partial charge in [-0.2, -0.15) is 13.2 Å². The monoisotopic (exact) mass is 307 g/mol. The summed E-state index contributed by atoms with van der Waals surface area (Å²) in [5.41, 5.74) is 5.53. The average molecular weight is 307 g/mol. The van der Waals surface area contributed by atoms with Gasteiger partial charge in [0, 0.05) is 38.9 Å². The maximum Gasteiger partial charge on any atom is 0.451 e. The fourth-order valence-electron chi connectivity index (χ4n) is 2.54. The molecule has 1 unspecified atom stereocenters. The molecule has 2 heterocycles. The van der Waals surface area contributed by atoms with Crippen LogP contribution in [0.2, 0.25) is 0 Å². The van der Waals surface area contributed by atoms with Crippen molar-refractivity contribution >= 4 is 0 Å². The highest BCUT2D eigenvalue weighted by Crippen LogP contribution is 2.31. The van der Waals surface area contributed by atoms with Gasteiger partial charge in [-0.1, -0.05) is 0 Å². The lowest BCUT2D eigenvalue weighted by molar-refractivity contribution is -0.148. The van der Waals surface area contributed by atoms with Gasteiger partial charge in [-0.3, -0.25) is 4.90 Å². The zero-order valence-electron chi connectivity index (χ0n) is 12.2. The molecule has 1 aliphatic rings. The summed E-state index contributed by atoms with van der Waals surface area (Å²) in [5, 5.41) is 6.96. The molecule has 0 radical (unpaired) electrons. The highest BCUT2D eigenvalue weighted by Gasteiger charge is 2.41. The van der Waals surface area contributed by atoms with Crippen LogP contribution in [0.3, 0.4) is 0 Å². The van der Waals surface area contributed by atoms with Crippen LogP contribution in [-0.4, -0.2) is 52.0 Å². The lowest BCUT2D eigenvalue weighted by Gasteiger charge is -2.42. The fraction of sp³-hybridized carbons (Fsp3) is 0.833. The number of ether oxygens (including phenoxy) is 1. The number of nitrogens with two attached hydrogens (primary N) is 1. The van der Waals surface area contributed by atoms with E-state index in [1.807, 2.05) is 6.92 Å². The molecule has 0 amide bonds. The molecule has 120 valence electrons. The topological polar surface area (TPSA) is 69.2 Å². The van der Waals surface area contributed by atoms with Crippen molar-refractivity contribution in [1.29, 1.82) is 0 Å². The van der Waals surface area contributed by atoms with Gasteiger partial charge in [0.2, 0.25) is 5.82 Å². The molecular weight excluding hydrogens is 287 g/mol. The summed E-state index contributed by atoms with van der Waals surface area (Å²) < 4.78 is 44.6. The predicted octanol–water partition coefficient (Wildman–Crippen LogP) is 0.866. The van der Waals surface area contributed by atoms with Crippen molar-refractivity contribution in [3.63, 3.8) is 0 Å². The van der Waals surface area contributed by atoms with Gasteiger partial charge < -0.3 is 15.0 Å². The van der Waals surface area contributed by atoms with Crippen LogP contribution >= 0.6 is 0 Å². The molecule has 9 heteroatoms. The summed E-state index contributed by atoms with van der Waals surface area (Å²) in [4.78, 5) is 2.05. The van der Waals surface area contributed by atoms with Crippen molar-refractivity contribution in [3.05, 3.63) is 11.6 Å². The number of nitrogens with zero attached hydrogens (tertiary/aromatic N) is 4. The molecule has 1 aliphatic heterocycles. The number of aromatic nitrogens is 3. The van der Waals surface area contributed by atoms with Crippen LogP contribution in [0.4, 0.5) is 13.2 Å². The zero-order valence-corrected chi connectivity index (χ0v) is 12.2. The first-order valence-corrected chi connectivity index (χ1v) is 6.75. The highest BCUT2D eigenvalue weighted by atomic mass is 19.4. The standard InChI is InChI=1S/C12H20F3N5O/c1-11(8-16,3-6-21-2)19-4-5-20-9(7-19)17-18-10(20)12(13,14)15/h3-8,16H2,1-2H3. The minimum Gasteiger partial charge on any atom is -0.385 e. The van der Waals surface area contributed by atoms with E-state index >= 15 is 0 Å². The van der Waals surface area contributed by atoms with Gasteiger partial charge in [-0.25, -0.2) is 0 Å². The molecule has 0 fully saturated rings. The zero-order chi connectivity index (χ0) is 15.7. The summed E-state index contributed by atoms with van der Waals surface area (Å²) in [7, 11) is 1.61. The molecule has 0 saturated heterocycles. The van der Waals surface area contributed by atoms with Gasteiger partial charge >= 0.3 is 6.18 Å². The van der Waals surface area contributed by atoms with Crippen LogP contribution in [0.25, 0.3) is 0 Å². The molecule has 0 saturated carbocycles. The molecule has 0 bridgehead atoms. The van der Waals surface area contributed by atoms with E-state index in [0.717, 1.165) is 4.57 Å². The Labute approximate surface area is 121 Å². The van der Waals surface area contributed by atoms with E-state index in [4.69, 9.17) is 10.5 Å². The van der Waals surface area contributed by atoms with E-state index in [0.29, 0.717) is 38.5 Å². The Morgan fingerprint density at radius 3 is 2.57 bits per heavy atom. The quantitative estimate of drug-likeness (QED) is 0.874. The molecule has 0 aromatic carbocycles. The van der Waals surface area contributed by atoms with Gasteiger partial charge in [-0.05, 0) is 13.3 Å². The molecule has 1 atom stereocenters. The molecule has 0 spiro atoms. The normalized spacial score (nSPS) is 19.3. The van der Waals surface area contributed by atoms with E-state index in [9.17, 15) is 13.2 Å². The van der Waals surface area contributed by atoms with Crippen molar-refractivity contribution < 1.29 is 17.9 Å². The van der Waals surface area contributed by atoms with Crippen LogP contribution in [0.1, 0.15) is 25.0 Å². The van der Waals surface area contributed by atoms with Gasteiger partial charge in [-0.15, -0.1) is 10.2 Å². The third kappa shape index (κ3) is 3.19. The fourth-order valence-corrected chi connectivity index (χ4v) is 2.54. The first kappa shape index (κ1) is 16.2. The van der Waals surface area contributed by atoms with Crippen molar-refractivity contribution in [2.75, 3.05) is 26.8 Å². The maximum absolute atomic E-state index is 12.8. The Hall–Kier alpha value is -1.19. The van der Waals surface area contributed by atoms with Crippen LogP contribution in [0.15, 0.2) is 0 Å². The van der Waals surface area contributed by atoms with Gasteiger partial charge in [0.25, 0.3) is 0 Å². The summed E-state index contributed by atoms with van der Waals surface area (Å²) >= 11 is 0. The molecular formula is C12H20F3N5O. The third-order valence-electron chi connectivity index (χ3n) is 4.05. The number of halogens is 3. The van der Waals surface area contributed by atoms with Crippen molar-refractivity contribution in [2.24, 2.45) is 5.73 Å². The molecule has 6 nitrogen and oxygen atoms in total. The number of methoxy groups -OCH3 is 1. The Kier molecular flexibility index (Phi) is 4.54. The van der Waals surface area contributed by atoms with E-state index < -0.39 is 12.0 Å². The Balaban J connectivity index is 2.18. The minimum absolute atomic E-state index is 0.208. The first-order valence-electron chi connectivity index (χ1n) is 6.75. The molecule has 2 rings (SSSR count). The SMILES string of the molecule is COCCC(C)(CN)N1CCn2c(nnc2C(F)(F)F)C1. The number of rotatable bonds is 5. The van der Waals surface area contributed by atoms with Crippen LogP contribution in [0, 0.1) is 0 Å². The number of hydrogen-bond donors (Lipinski definition) is 1. The Morgan fingerprint density at radius 1 is 1.29 bits per heavy atom. The smallest absolute Gasteiger partial charge is 0.385 e. The largest absolute Gasteiger partial charge is 0.451 e. The summed E-state index contributed by atoms with van der Waals surface area (Å²) in [6.07, 6.45) is -3.76. The number of alkyl halides is 3. The van der Waals surface area contributed by atoms with E-state index in [1.165, 1.54) is 0 Å². The summed E-state index contributed by atoms with van der Waals surface area (Å²) in [5.74, 6) is -0.603. The van der Waals surface area contributed by atoms with Crippen molar-refractivity contribution in [2.45, 2.75) is 38.1 Å². The molecule has 21 heavy (non-hydrogen) atoms.